The van der Waals surface area contributed by atoms with E-state index >= 15 is 0 Å². The predicted octanol–water partition coefficient (Wildman–Crippen LogP) is 2.34. The molecule has 4 nitrogen and oxygen atoms in total. The third-order valence-electron chi connectivity index (χ3n) is 2.67. The van der Waals surface area contributed by atoms with Gasteiger partial charge in [-0.1, -0.05) is 12.1 Å². The van der Waals surface area contributed by atoms with Gasteiger partial charge in [-0.3, -0.25) is 4.79 Å². The van der Waals surface area contributed by atoms with Gasteiger partial charge < -0.3 is 15.4 Å². The number of carbonyl (C=O) groups excluding carboxylic acids is 1. The largest absolute Gasteiger partial charge is 0.375 e. The first kappa shape index (κ1) is 15.7. The summed E-state index contributed by atoms with van der Waals surface area (Å²) in [5.74, 6) is -0.0436. The highest BCUT2D eigenvalue weighted by atomic mass is 16.5. The predicted molar refractivity (Wildman–Crippen MR) is 78.4 cm³/mol. The summed E-state index contributed by atoms with van der Waals surface area (Å²) in [5, 5.41) is 5.97. The summed E-state index contributed by atoms with van der Waals surface area (Å²) in [6.07, 6.45) is 0. The van der Waals surface area contributed by atoms with E-state index in [2.05, 4.69) is 10.6 Å². The first-order valence-electron chi connectivity index (χ1n) is 6.64. The van der Waals surface area contributed by atoms with Crippen LogP contribution in [0.2, 0.25) is 0 Å². The number of benzene rings is 1. The van der Waals surface area contributed by atoms with Crippen molar-refractivity contribution < 1.29 is 9.53 Å². The average molecular weight is 264 g/mol. The lowest BCUT2D eigenvalue weighted by atomic mass is 10.1. The topological polar surface area (TPSA) is 50.4 Å². The lowest BCUT2D eigenvalue weighted by Gasteiger charge is -2.24. The van der Waals surface area contributed by atoms with Gasteiger partial charge in [0.25, 0.3) is 0 Å². The second kappa shape index (κ2) is 7.26. The molecule has 0 aliphatic heterocycles. The molecule has 2 N–H and O–H groups in total. The minimum atomic E-state index is -0.252. The molecule has 0 atom stereocenters. The lowest BCUT2D eigenvalue weighted by Crippen LogP contribution is -2.40. The Morgan fingerprint density at radius 1 is 1.37 bits per heavy atom. The number of carbonyl (C=O) groups is 1. The molecule has 0 bridgehead atoms. The van der Waals surface area contributed by atoms with Crippen LogP contribution in [0.3, 0.4) is 0 Å². The molecule has 0 aromatic heterocycles. The molecule has 0 radical (unpaired) electrons. The average Bonchev–Trinajstić information content (AvgIpc) is 2.28. The Labute approximate surface area is 115 Å². The van der Waals surface area contributed by atoms with Crippen molar-refractivity contribution >= 4 is 11.6 Å². The fourth-order valence-corrected chi connectivity index (χ4v) is 1.85. The molecule has 0 aliphatic carbocycles. The highest BCUT2D eigenvalue weighted by Crippen LogP contribution is 2.09. The van der Waals surface area contributed by atoms with Gasteiger partial charge in [0.1, 0.15) is 0 Å². The molecule has 1 aromatic rings. The van der Waals surface area contributed by atoms with Crippen LogP contribution < -0.4 is 10.6 Å². The van der Waals surface area contributed by atoms with Crippen molar-refractivity contribution in [2.45, 2.75) is 33.3 Å². The van der Waals surface area contributed by atoms with Crippen molar-refractivity contribution in [2.24, 2.45) is 0 Å². The molecule has 0 fully saturated rings. The summed E-state index contributed by atoms with van der Waals surface area (Å²) in [6, 6.07) is 7.76. The molecule has 4 heteroatoms. The fraction of sp³-hybridized carbons (Fsp3) is 0.533. The Balaban J connectivity index is 2.32. The van der Waals surface area contributed by atoms with Gasteiger partial charge in [0.2, 0.25) is 5.91 Å². The van der Waals surface area contributed by atoms with Gasteiger partial charge in [0.05, 0.1) is 12.1 Å². The van der Waals surface area contributed by atoms with Gasteiger partial charge in [0, 0.05) is 18.8 Å². The van der Waals surface area contributed by atoms with E-state index in [1.807, 2.05) is 52.0 Å². The van der Waals surface area contributed by atoms with Crippen molar-refractivity contribution in [3.63, 3.8) is 0 Å². The van der Waals surface area contributed by atoms with Crippen LogP contribution in [-0.4, -0.2) is 31.2 Å². The smallest absolute Gasteiger partial charge is 0.238 e. The van der Waals surface area contributed by atoms with Gasteiger partial charge in [-0.25, -0.2) is 0 Å². The third kappa shape index (κ3) is 6.36. The molecule has 1 aromatic carbocycles. The van der Waals surface area contributed by atoms with E-state index in [0.29, 0.717) is 13.2 Å². The van der Waals surface area contributed by atoms with E-state index in [9.17, 15) is 4.79 Å². The molecule has 0 saturated heterocycles. The maximum Gasteiger partial charge on any atom is 0.238 e. The molecule has 1 rings (SSSR count). The Kier molecular flexibility index (Phi) is 5.99. The second-order valence-corrected chi connectivity index (χ2v) is 5.21. The van der Waals surface area contributed by atoms with Gasteiger partial charge in [-0.15, -0.1) is 0 Å². The Morgan fingerprint density at radius 3 is 2.74 bits per heavy atom. The molecular weight excluding hydrogens is 240 g/mol. The van der Waals surface area contributed by atoms with Crippen molar-refractivity contribution in [3.8, 4) is 0 Å². The molecule has 0 unspecified atom stereocenters. The normalized spacial score (nSPS) is 11.4. The van der Waals surface area contributed by atoms with E-state index in [1.165, 1.54) is 0 Å². The van der Waals surface area contributed by atoms with Crippen LogP contribution in [0.25, 0.3) is 0 Å². The Hall–Kier alpha value is -1.39. The summed E-state index contributed by atoms with van der Waals surface area (Å²) in [4.78, 5) is 11.8. The number of amides is 1. The summed E-state index contributed by atoms with van der Waals surface area (Å²) in [5.41, 5.74) is 1.71. The number of nitrogens with one attached hydrogen (secondary N) is 2. The van der Waals surface area contributed by atoms with Crippen LogP contribution in [0.1, 0.15) is 26.3 Å². The van der Waals surface area contributed by atoms with Crippen LogP contribution in [-0.2, 0) is 9.53 Å². The van der Waals surface area contributed by atoms with Gasteiger partial charge >= 0.3 is 0 Å². The quantitative estimate of drug-likeness (QED) is 0.794. The van der Waals surface area contributed by atoms with Crippen LogP contribution >= 0.6 is 0 Å². The summed E-state index contributed by atoms with van der Waals surface area (Å²) in [6.45, 7) is 9.56. The fourth-order valence-electron chi connectivity index (χ4n) is 1.85. The second-order valence-electron chi connectivity index (χ2n) is 5.21. The van der Waals surface area contributed by atoms with Gasteiger partial charge in [-0.05, 0) is 45.4 Å². The third-order valence-corrected chi connectivity index (χ3v) is 2.67. The maximum absolute atomic E-state index is 11.8. The van der Waals surface area contributed by atoms with Crippen LogP contribution in [0.4, 0.5) is 5.69 Å². The van der Waals surface area contributed by atoms with E-state index in [0.717, 1.165) is 11.3 Å². The molecule has 0 spiro atoms. The van der Waals surface area contributed by atoms with E-state index < -0.39 is 0 Å². The number of ether oxygens (including phenoxy) is 1. The first-order chi connectivity index (χ1) is 8.93. The number of hydrogen-bond donors (Lipinski definition) is 2. The summed E-state index contributed by atoms with van der Waals surface area (Å²) >= 11 is 0. The summed E-state index contributed by atoms with van der Waals surface area (Å²) < 4.78 is 5.55. The minimum Gasteiger partial charge on any atom is -0.375 e. The first-order valence-corrected chi connectivity index (χ1v) is 6.64. The van der Waals surface area contributed by atoms with E-state index in [1.54, 1.807) is 0 Å². The number of rotatable bonds is 7. The van der Waals surface area contributed by atoms with Gasteiger partial charge in [-0.2, -0.15) is 0 Å². The van der Waals surface area contributed by atoms with Crippen molar-refractivity contribution in [1.82, 2.24) is 5.32 Å². The number of aryl methyl sites for hydroxylation is 1. The zero-order chi connectivity index (χ0) is 14.3. The standard InChI is InChI=1S/C15H24N2O2/c1-5-19-15(3,4)11-16-10-14(18)17-13-8-6-7-12(2)9-13/h6-9,16H,5,10-11H2,1-4H3,(H,17,18). The highest BCUT2D eigenvalue weighted by molar-refractivity contribution is 5.92. The maximum atomic E-state index is 11.8. The van der Waals surface area contributed by atoms with Crippen molar-refractivity contribution in [3.05, 3.63) is 29.8 Å². The summed E-state index contributed by atoms with van der Waals surface area (Å²) in [7, 11) is 0. The van der Waals surface area contributed by atoms with E-state index in [4.69, 9.17) is 4.74 Å². The Morgan fingerprint density at radius 2 is 2.11 bits per heavy atom. The SMILES string of the molecule is CCOC(C)(C)CNCC(=O)Nc1cccc(C)c1. The molecule has 19 heavy (non-hydrogen) atoms. The van der Waals surface area contributed by atoms with Crippen LogP contribution in [0.5, 0.6) is 0 Å². The van der Waals surface area contributed by atoms with Gasteiger partial charge in [0.15, 0.2) is 0 Å². The van der Waals surface area contributed by atoms with E-state index in [-0.39, 0.29) is 18.1 Å². The molecule has 0 heterocycles. The van der Waals surface area contributed by atoms with Crippen LogP contribution in [0.15, 0.2) is 24.3 Å². The Bertz CT molecular complexity index is 416. The van der Waals surface area contributed by atoms with Crippen molar-refractivity contribution in [2.75, 3.05) is 25.0 Å². The number of anilines is 1. The zero-order valence-corrected chi connectivity index (χ0v) is 12.2. The monoisotopic (exact) mass is 264 g/mol. The zero-order valence-electron chi connectivity index (χ0n) is 12.2. The molecule has 1 amide bonds. The minimum absolute atomic E-state index is 0.0436. The molecule has 0 saturated carbocycles. The molecule has 0 aliphatic rings. The van der Waals surface area contributed by atoms with Crippen molar-refractivity contribution in [1.29, 1.82) is 0 Å². The number of hydrogen-bond acceptors (Lipinski definition) is 3. The highest BCUT2D eigenvalue weighted by Gasteiger charge is 2.17. The molecular formula is C15H24N2O2. The lowest BCUT2D eigenvalue weighted by molar-refractivity contribution is -0.115. The van der Waals surface area contributed by atoms with Crippen LogP contribution in [0, 0.1) is 6.92 Å². The molecule has 106 valence electrons.